The lowest BCUT2D eigenvalue weighted by molar-refractivity contribution is 0.0942. The van der Waals surface area contributed by atoms with Crippen molar-refractivity contribution in [3.05, 3.63) is 28.0 Å². The van der Waals surface area contributed by atoms with Crippen molar-refractivity contribution in [2.75, 3.05) is 19.6 Å². The second-order valence-corrected chi connectivity index (χ2v) is 6.35. The maximum absolute atomic E-state index is 12.1. The van der Waals surface area contributed by atoms with Gasteiger partial charge in [-0.25, -0.2) is 4.98 Å². The molecule has 1 aromatic rings. The summed E-state index contributed by atoms with van der Waals surface area (Å²) in [5.74, 6) is 0.278. The van der Waals surface area contributed by atoms with Gasteiger partial charge in [-0.3, -0.25) is 4.79 Å². The number of likely N-dealkylation sites (tertiary alicyclic amines) is 1. The van der Waals surface area contributed by atoms with Crippen molar-refractivity contribution in [2.45, 2.75) is 25.3 Å². The number of rotatable bonds is 4. The van der Waals surface area contributed by atoms with Crippen molar-refractivity contribution in [3.8, 4) is 0 Å². The van der Waals surface area contributed by atoms with Crippen LogP contribution in [0.1, 0.15) is 29.8 Å². The van der Waals surface area contributed by atoms with Crippen LogP contribution in [0.5, 0.6) is 0 Å². The zero-order valence-electron chi connectivity index (χ0n) is 11.1. The maximum Gasteiger partial charge on any atom is 0.271 e. The first-order valence-corrected chi connectivity index (χ1v) is 7.73. The van der Waals surface area contributed by atoms with Gasteiger partial charge in [-0.15, -0.1) is 0 Å². The average molecular weight is 314 g/mol. The van der Waals surface area contributed by atoms with Crippen molar-refractivity contribution in [1.29, 1.82) is 0 Å². The molecule has 6 heteroatoms. The van der Waals surface area contributed by atoms with E-state index in [0.29, 0.717) is 17.5 Å². The van der Waals surface area contributed by atoms with E-state index in [9.17, 15) is 4.79 Å². The molecule has 0 bridgehead atoms. The van der Waals surface area contributed by atoms with Gasteiger partial charge in [-0.2, -0.15) is 0 Å². The molecule has 4 nitrogen and oxygen atoms in total. The first-order chi connectivity index (χ1) is 9.63. The molecule has 1 N–H and O–H groups in total. The Morgan fingerprint density at radius 1 is 1.35 bits per heavy atom. The standard InChI is InChI=1S/C14H17Cl2N3O/c15-11-3-4-12(16)18-13(11)14(20)17-7-9-5-6-19(8-9)10-1-2-10/h3-4,9-10H,1-2,5-8H2,(H,17,20). The normalized spacial score (nSPS) is 23.0. The molecule has 2 aliphatic rings. The summed E-state index contributed by atoms with van der Waals surface area (Å²) < 4.78 is 0. The quantitative estimate of drug-likeness (QED) is 0.869. The molecular weight excluding hydrogens is 297 g/mol. The van der Waals surface area contributed by atoms with Crippen LogP contribution in [-0.4, -0.2) is 41.5 Å². The summed E-state index contributed by atoms with van der Waals surface area (Å²) in [6.07, 6.45) is 3.82. The number of nitrogens with zero attached hydrogens (tertiary/aromatic N) is 2. The van der Waals surface area contributed by atoms with Crippen molar-refractivity contribution in [2.24, 2.45) is 5.92 Å². The molecule has 1 aliphatic carbocycles. The molecule has 0 spiro atoms. The highest BCUT2D eigenvalue weighted by molar-refractivity contribution is 6.34. The molecule has 1 saturated heterocycles. The molecule has 3 rings (SSSR count). The summed E-state index contributed by atoms with van der Waals surface area (Å²) in [6, 6.07) is 3.97. The highest BCUT2D eigenvalue weighted by Crippen LogP contribution is 2.31. The van der Waals surface area contributed by atoms with Crippen molar-refractivity contribution < 1.29 is 4.79 Å². The molecule has 1 atom stereocenters. The van der Waals surface area contributed by atoms with E-state index in [2.05, 4.69) is 15.2 Å². The molecule has 2 heterocycles. The van der Waals surface area contributed by atoms with Crippen LogP contribution in [0.15, 0.2) is 12.1 Å². The second kappa shape index (κ2) is 5.88. The fraction of sp³-hybridized carbons (Fsp3) is 0.571. The van der Waals surface area contributed by atoms with Crippen LogP contribution in [0.25, 0.3) is 0 Å². The summed E-state index contributed by atoms with van der Waals surface area (Å²) >= 11 is 11.8. The Balaban J connectivity index is 1.53. The number of pyridine rings is 1. The summed E-state index contributed by atoms with van der Waals surface area (Å²) in [5.41, 5.74) is 0.205. The molecule has 0 radical (unpaired) electrons. The van der Waals surface area contributed by atoms with E-state index in [0.717, 1.165) is 25.6 Å². The highest BCUT2D eigenvalue weighted by Gasteiger charge is 2.34. The van der Waals surface area contributed by atoms with E-state index in [1.54, 1.807) is 12.1 Å². The number of halogens is 2. The number of carbonyl (C=O) groups is 1. The third kappa shape index (κ3) is 3.25. The third-order valence-corrected chi connectivity index (χ3v) is 4.47. The SMILES string of the molecule is O=C(NCC1CCN(C2CC2)C1)c1nc(Cl)ccc1Cl. The van der Waals surface area contributed by atoms with E-state index in [4.69, 9.17) is 23.2 Å². The summed E-state index contributed by atoms with van der Waals surface area (Å²) in [4.78, 5) is 18.6. The van der Waals surface area contributed by atoms with Crippen molar-refractivity contribution in [3.63, 3.8) is 0 Å². The van der Waals surface area contributed by atoms with Gasteiger partial charge < -0.3 is 10.2 Å². The number of aromatic nitrogens is 1. The predicted molar refractivity (Wildman–Crippen MR) is 79.3 cm³/mol. The van der Waals surface area contributed by atoms with Gasteiger partial charge in [0.1, 0.15) is 10.8 Å². The number of hydrogen-bond donors (Lipinski definition) is 1. The summed E-state index contributed by atoms with van der Waals surface area (Å²) in [5, 5.41) is 3.53. The van der Waals surface area contributed by atoms with Crippen LogP contribution in [0.4, 0.5) is 0 Å². The number of amides is 1. The Morgan fingerprint density at radius 3 is 2.90 bits per heavy atom. The minimum Gasteiger partial charge on any atom is -0.350 e. The molecule has 2 fully saturated rings. The van der Waals surface area contributed by atoms with Gasteiger partial charge in [0.25, 0.3) is 5.91 Å². The molecule has 0 aromatic carbocycles. The van der Waals surface area contributed by atoms with E-state index in [1.165, 1.54) is 12.8 Å². The lowest BCUT2D eigenvalue weighted by atomic mass is 10.1. The third-order valence-electron chi connectivity index (χ3n) is 3.96. The van der Waals surface area contributed by atoms with E-state index in [1.807, 2.05) is 0 Å². The van der Waals surface area contributed by atoms with Crippen LogP contribution in [-0.2, 0) is 0 Å². The molecular formula is C14H17Cl2N3O. The molecule has 1 unspecified atom stereocenters. The largest absolute Gasteiger partial charge is 0.350 e. The van der Waals surface area contributed by atoms with Gasteiger partial charge in [0, 0.05) is 19.1 Å². The minimum absolute atomic E-state index is 0.205. The van der Waals surface area contributed by atoms with Gasteiger partial charge in [0.15, 0.2) is 0 Å². The fourth-order valence-corrected chi connectivity index (χ4v) is 3.04. The molecule has 1 aromatic heterocycles. The monoisotopic (exact) mass is 313 g/mol. The minimum atomic E-state index is -0.248. The molecule has 20 heavy (non-hydrogen) atoms. The highest BCUT2D eigenvalue weighted by atomic mass is 35.5. The fourth-order valence-electron chi connectivity index (χ4n) is 2.70. The van der Waals surface area contributed by atoms with Gasteiger partial charge >= 0.3 is 0 Å². The Morgan fingerprint density at radius 2 is 2.15 bits per heavy atom. The van der Waals surface area contributed by atoms with Gasteiger partial charge in [0.05, 0.1) is 5.02 Å². The molecule has 1 aliphatic heterocycles. The van der Waals surface area contributed by atoms with E-state index in [-0.39, 0.29) is 16.8 Å². The van der Waals surface area contributed by atoms with Crippen LogP contribution in [0.2, 0.25) is 10.2 Å². The Kier molecular flexibility index (Phi) is 4.15. The second-order valence-electron chi connectivity index (χ2n) is 5.56. The van der Waals surface area contributed by atoms with Crippen molar-refractivity contribution in [1.82, 2.24) is 15.2 Å². The van der Waals surface area contributed by atoms with Crippen LogP contribution in [0, 0.1) is 5.92 Å². The Labute approximate surface area is 128 Å². The number of hydrogen-bond acceptors (Lipinski definition) is 3. The van der Waals surface area contributed by atoms with Crippen molar-refractivity contribution >= 4 is 29.1 Å². The van der Waals surface area contributed by atoms with E-state index >= 15 is 0 Å². The smallest absolute Gasteiger partial charge is 0.271 e. The Bertz CT molecular complexity index is 519. The van der Waals surface area contributed by atoms with Crippen LogP contribution < -0.4 is 5.32 Å². The Hall–Kier alpha value is -0.840. The predicted octanol–water partition coefficient (Wildman–Crippen LogP) is 2.60. The average Bonchev–Trinajstić information content (AvgIpc) is 3.18. The van der Waals surface area contributed by atoms with E-state index < -0.39 is 0 Å². The topological polar surface area (TPSA) is 45.2 Å². The lowest BCUT2D eigenvalue weighted by Gasteiger charge is -2.15. The first kappa shape index (κ1) is 14.1. The number of nitrogens with one attached hydrogen (secondary N) is 1. The zero-order valence-corrected chi connectivity index (χ0v) is 12.6. The number of carbonyl (C=O) groups excluding carboxylic acids is 1. The van der Waals surface area contributed by atoms with Gasteiger partial charge in [0.2, 0.25) is 0 Å². The summed E-state index contributed by atoms with van der Waals surface area (Å²) in [7, 11) is 0. The van der Waals surface area contributed by atoms with Gasteiger partial charge in [-0.1, -0.05) is 23.2 Å². The van der Waals surface area contributed by atoms with Crippen LogP contribution in [0.3, 0.4) is 0 Å². The molecule has 1 amide bonds. The van der Waals surface area contributed by atoms with Crippen LogP contribution >= 0.6 is 23.2 Å². The first-order valence-electron chi connectivity index (χ1n) is 6.98. The maximum atomic E-state index is 12.1. The lowest BCUT2D eigenvalue weighted by Crippen LogP contribution is -2.32. The molecule has 108 valence electrons. The zero-order chi connectivity index (χ0) is 14.1. The summed E-state index contributed by atoms with van der Waals surface area (Å²) in [6.45, 7) is 2.91. The van der Waals surface area contributed by atoms with Gasteiger partial charge in [-0.05, 0) is 43.9 Å². The molecule has 1 saturated carbocycles.